The van der Waals surface area contributed by atoms with Crippen molar-refractivity contribution in [2.75, 3.05) is 6.61 Å². The number of rotatable bonds is 8. The number of ether oxygens (including phenoxy) is 2. The van der Waals surface area contributed by atoms with Gasteiger partial charge in [0, 0.05) is 41.3 Å². The van der Waals surface area contributed by atoms with Crippen molar-refractivity contribution < 1.29 is 18.7 Å². The minimum atomic E-state index is -0.300. The predicted octanol–water partition coefficient (Wildman–Crippen LogP) is 5.85. The standard InChI is InChI=1S/C26H24FNO3S/c1-17(29)30-11-9-19-5-2-3-8-24(19)31-16-18-13-20-10-12-32-26(20)23(14-18)22-7-4-6-21(15-28)25(22)27/h2-8,10,12-14H,9,11,15-16,28H2,1H3. The number of fused-ring (bicyclic) bond motifs is 1. The number of hydrogen-bond donors (Lipinski definition) is 1. The molecule has 2 N–H and O–H groups in total. The van der Waals surface area contributed by atoms with Gasteiger partial charge in [0.1, 0.15) is 18.2 Å². The van der Waals surface area contributed by atoms with E-state index in [2.05, 4.69) is 6.07 Å². The quantitative estimate of drug-likeness (QED) is 0.343. The van der Waals surface area contributed by atoms with Gasteiger partial charge in [0.15, 0.2) is 0 Å². The van der Waals surface area contributed by atoms with E-state index in [0.29, 0.717) is 30.8 Å². The third-order valence-electron chi connectivity index (χ3n) is 5.24. The molecule has 0 aliphatic carbocycles. The summed E-state index contributed by atoms with van der Waals surface area (Å²) >= 11 is 1.59. The molecule has 0 saturated heterocycles. The highest BCUT2D eigenvalue weighted by atomic mass is 32.1. The zero-order valence-electron chi connectivity index (χ0n) is 17.8. The Labute approximate surface area is 190 Å². The third-order valence-corrected chi connectivity index (χ3v) is 6.21. The van der Waals surface area contributed by atoms with E-state index in [9.17, 15) is 4.79 Å². The molecule has 0 aliphatic heterocycles. The van der Waals surface area contributed by atoms with Gasteiger partial charge in [0.2, 0.25) is 0 Å². The number of carbonyl (C=O) groups excluding carboxylic acids is 1. The van der Waals surface area contributed by atoms with Gasteiger partial charge in [-0.05, 0) is 46.2 Å². The Morgan fingerprint density at radius 1 is 1.03 bits per heavy atom. The van der Waals surface area contributed by atoms with E-state index in [4.69, 9.17) is 15.2 Å². The normalized spacial score (nSPS) is 11.0. The highest BCUT2D eigenvalue weighted by Gasteiger charge is 2.14. The predicted molar refractivity (Wildman–Crippen MR) is 126 cm³/mol. The number of para-hydroxylation sites is 1. The Balaban J connectivity index is 1.62. The molecular formula is C26H24FNO3S. The average Bonchev–Trinajstić information content (AvgIpc) is 3.27. The van der Waals surface area contributed by atoms with E-state index < -0.39 is 0 Å². The van der Waals surface area contributed by atoms with Crippen LogP contribution >= 0.6 is 11.3 Å². The lowest BCUT2D eigenvalue weighted by Gasteiger charge is -2.14. The first-order valence-corrected chi connectivity index (χ1v) is 11.3. The molecule has 0 spiro atoms. The Bertz CT molecular complexity index is 1250. The van der Waals surface area contributed by atoms with Crippen LogP contribution in [0.4, 0.5) is 4.39 Å². The lowest BCUT2D eigenvalue weighted by atomic mass is 9.98. The summed E-state index contributed by atoms with van der Waals surface area (Å²) in [5.41, 5.74) is 9.50. The topological polar surface area (TPSA) is 61.5 Å². The summed E-state index contributed by atoms with van der Waals surface area (Å²) in [6.45, 7) is 2.19. The Hall–Kier alpha value is -3.22. The Morgan fingerprint density at radius 3 is 2.66 bits per heavy atom. The van der Waals surface area contributed by atoms with Crippen LogP contribution in [-0.2, 0) is 29.1 Å². The number of carbonyl (C=O) groups is 1. The van der Waals surface area contributed by atoms with Crippen molar-refractivity contribution >= 4 is 27.4 Å². The van der Waals surface area contributed by atoms with Gasteiger partial charge in [-0.3, -0.25) is 4.79 Å². The molecule has 0 amide bonds. The molecule has 32 heavy (non-hydrogen) atoms. The average molecular weight is 450 g/mol. The van der Waals surface area contributed by atoms with Crippen molar-refractivity contribution in [2.24, 2.45) is 5.73 Å². The first kappa shape index (κ1) is 22.0. The minimum Gasteiger partial charge on any atom is -0.489 e. The maximum atomic E-state index is 15.1. The van der Waals surface area contributed by atoms with Crippen LogP contribution in [0.25, 0.3) is 21.2 Å². The van der Waals surface area contributed by atoms with E-state index in [1.165, 1.54) is 6.92 Å². The van der Waals surface area contributed by atoms with Crippen LogP contribution in [0.1, 0.15) is 23.6 Å². The zero-order chi connectivity index (χ0) is 22.5. The van der Waals surface area contributed by atoms with Gasteiger partial charge in [0.25, 0.3) is 0 Å². The van der Waals surface area contributed by atoms with E-state index in [1.54, 1.807) is 23.5 Å². The van der Waals surface area contributed by atoms with Crippen molar-refractivity contribution in [1.82, 2.24) is 0 Å². The summed E-state index contributed by atoms with van der Waals surface area (Å²) < 4.78 is 27.3. The molecule has 0 aliphatic rings. The van der Waals surface area contributed by atoms with Crippen molar-refractivity contribution in [3.8, 4) is 16.9 Å². The van der Waals surface area contributed by atoms with Gasteiger partial charge in [0.05, 0.1) is 6.61 Å². The SMILES string of the molecule is CC(=O)OCCc1ccccc1OCc1cc(-c2cccc(CN)c2F)c2sccc2c1. The molecule has 1 heterocycles. The molecule has 164 valence electrons. The van der Waals surface area contributed by atoms with Crippen LogP contribution in [0.5, 0.6) is 5.75 Å². The maximum absolute atomic E-state index is 15.1. The second-order valence-corrected chi connectivity index (χ2v) is 8.37. The lowest BCUT2D eigenvalue weighted by molar-refractivity contribution is -0.140. The molecule has 0 radical (unpaired) electrons. The van der Waals surface area contributed by atoms with Crippen molar-refractivity contribution in [3.63, 3.8) is 0 Å². The van der Waals surface area contributed by atoms with Crippen LogP contribution in [-0.4, -0.2) is 12.6 Å². The number of halogens is 1. The number of esters is 1. The summed E-state index contributed by atoms with van der Waals surface area (Å²) in [4.78, 5) is 11.0. The molecule has 0 saturated carbocycles. The summed E-state index contributed by atoms with van der Waals surface area (Å²) in [5, 5.41) is 3.06. The highest BCUT2D eigenvalue weighted by Crippen LogP contribution is 2.36. The summed E-state index contributed by atoms with van der Waals surface area (Å²) in [6, 6.07) is 19.1. The molecule has 0 fully saturated rings. The monoisotopic (exact) mass is 449 g/mol. The maximum Gasteiger partial charge on any atom is 0.302 e. The molecule has 3 aromatic carbocycles. The molecule has 4 nitrogen and oxygen atoms in total. The minimum absolute atomic E-state index is 0.153. The lowest BCUT2D eigenvalue weighted by Crippen LogP contribution is -2.05. The van der Waals surface area contributed by atoms with Crippen LogP contribution in [0.15, 0.2) is 66.0 Å². The first-order valence-electron chi connectivity index (χ1n) is 10.4. The summed E-state index contributed by atoms with van der Waals surface area (Å²) in [6.07, 6.45) is 0.571. The fraction of sp³-hybridized carbons (Fsp3) is 0.192. The Morgan fingerprint density at radius 2 is 1.84 bits per heavy atom. The second-order valence-electron chi connectivity index (χ2n) is 7.45. The molecule has 1 aromatic heterocycles. The van der Waals surface area contributed by atoms with Gasteiger partial charge in [-0.15, -0.1) is 11.3 Å². The van der Waals surface area contributed by atoms with Crippen molar-refractivity contribution in [1.29, 1.82) is 0 Å². The van der Waals surface area contributed by atoms with Gasteiger partial charge in [-0.25, -0.2) is 4.39 Å². The highest BCUT2D eigenvalue weighted by molar-refractivity contribution is 7.17. The number of hydrogen-bond acceptors (Lipinski definition) is 5. The molecule has 0 bridgehead atoms. The number of thiophene rings is 1. The van der Waals surface area contributed by atoms with Gasteiger partial charge >= 0.3 is 5.97 Å². The molecule has 6 heteroatoms. The third kappa shape index (κ3) is 4.82. The molecule has 0 atom stereocenters. The molecule has 4 rings (SSSR count). The van der Waals surface area contributed by atoms with E-state index in [1.807, 2.05) is 47.8 Å². The smallest absolute Gasteiger partial charge is 0.302 e. The largest absolute Gasteiger partial charge is 0.489 e. The van der Waals surface area contributed by atoms with E-state index in [-0.39, 0.29) is 18.3 Å². The summed E-state index contributed by atoms with van der Waals surface area (Å²) in [5.74, 6) is 0.160. The van der Waals surface area contributed by atoms with Crippen molar-refractivity contribution in [3.05, 3.63) is 88.6 Å². The van der Waals surface area contributed by atoms with Gasteiger partial charge in [-0.2, -0.15) is 0 Å². The number of benzene rings is 3. The molecule has 0 unspecified atom stereocenters. The van der Waals surface area contributed by atoms with Crippen molar-refractivity contribution in [2.45, 2.75) is 26.5 Å². The van der Waals surface area contributed by atoms with Crippen LogP contribution in [0, 0.1) is 5.82 Å². The van der Waals surface area contributed by atoms with Gasteiger partial charge < -0.3 is 15.2 Å². The second kappa shape index (κ2) is 9.94. The van der Waals surface area contributed by atoms with Crippen LogP contribution in [0.2, 0.25) is 0 Å². The Kier molecular flexibility index (Phi) is 6.83. The molecular weight excluding hydrogens is 425 g/mol. The number of nitrogens with two attached hydrogens (primary N) is 1. The molecule has 4 aromatic rings. The van der Waals surface area contributed by atoms with E-state index in [0.717, 1.165) is 32.5 Å². The summed E-state index contributed by atoms with van der Waals surface area (Å²) in [7, 11) is 0. The fourth-order valence-electron chi connectivity index (χ4n) is 3.69. The van der Waals surface area contributed by atoms with E-state index >= 15 is 4.39 Å². The fourth-order valence-corrected chi connectivity index (χ4v) is 4.60. The zero-order valence-corrected chi connectivity index (χ0v) is 18.6. The van der Waals surface area contributed by atoms with Crippen LogP contribution < -0.4 is 10.5 Å². The van der Waals surface area contributed by atoms with Gasteiger partial charge in [-0.1, -0.05) is 36.4 Å². The first-order chi connectivity index (χ1) is 15.6. The van der Waals surface area contributed by atoms with Crippen LogP contribution in [0.3, 0.4) is 0 Å².